The molecule has 4 aromatic rings. The molecule has 0 atom stereocenters. The second kappa shape index (κ2) is 8.91. The molecule has 3 aromatic carbocycles. The van der Waals surface area contributed by atoms with E-state index in [4.69, 9.17) is 11.6 Å². The van der Waals surface area contributed by atoms with Crippen LogP contribution in [0.2, 0.25) is 5.02 Å². The lowest BCUT2D eigenvalue weighted by atomic mass is 10.2. The molecule has 0 saturated carbocycles. The summed E-state index contributed by atoms with van der Waals surface area (Å²) >= 11 is 7.22. The number of aryl methyl sites for hydroxylation is 1. The van der Waals surface area contributed by atoms with Crippen LogP contribution in [0.3, 0.4) is 0 Å². The number of benzene rings is 3. The maximum absolute atomic E-state index is 14.5. The van der Waals surface area contributed by atoms with Crippen molar-refractivity contribution in [3.8, 4) is 5.69 Å². The Morgan fingerprint density at radius 3 is 2.65 bits per heavy atom. The first-order chi connectivity index (χ1) is 14.9. The number of anilines is 1. The van der Waals surface area contributed by atoms with Crippen LogP contribution in [-0.4, -0.2) is 21.2 Å². The lowest BCUT2D eigenvalue weighted by molar-refractivity contribution is -0.113. The Balaban J connectivity index is 1.68. The third-order valence-corrected chi connectivity index (χ3v) is 5.82. The van der Waals surface area contributed by atoms with Crippen LogP contribution in [0, 0.1) is 12.7 Å². The number of carbonyl (C=O) groups is 1. The molecule has 0 unspecified atom stereocenters. The highest BCUT2D eigenvalue weighted by atomic mass is 35.5. The summed E-state index contributed by atoms with van der Waals surface area (Å²) in [5, 5.41) is 3.77. The van der Waals surface area contributed by atoms with Gasteiger partial charge in [0.15, 0.2) is 5.16 Å². The Morgan fingerprint density at radius 2 is 1.87 bits per heavy atom. The van der Waals surface area contributed by atoms with Crippen LogP contribution in [0.4, 0.5) is 10.1 Å². The summed E-state index contributed by atoms with van der Waals surface area (Å²) in [4.78, 5) is 30.2. The molecular weight excluding hydrogens is 437 g/mol. The number of rotatable bonds is 5. The van der Waals surface area contributed by atoms with Crippen LogP contribution >= 0.6 is 23.4 Å². The SMILES string of the molecule is Cc1ccc(NC(=O)CSc2nc3ccccc3c(=O)n2-c2ccccc2F)c(Cl)c1. The van der Waals surface area contributed by atoms with Crippen molar-refractivity contribution in [2.24, 2.45) is 0 Å². The van der Waals surface area contributed by atoms with Crippen LogP contribution in [0.25, 0.3) is 16.6 Å². The van der Waals surface area contributed by atoms with Gasteiger partial charge in [-0.15, -0.1) is 0 Å². The first kappa shape index (κ1) is 21.1. The summed E-state index contributed by atoms with van der Waals surface area (Å²) < 4.78 is 15.7. The van der Waals surface area contributed by atoms with Gasteiger partial charge in [-0.25, -0.2) is 9.37 Å². The maximum Gasteiger partial charge on any atom is 0.266 e. The van der Waals surface area contributed by atoms with Crippen LogP contribution in [-0.2, 0) is 4.79 Å². The molecule has 0 aliphatic heterocycles. The van der Waals surface area contributed by atoms with Gasteiger partial charge in [0.05, 0.1) is 33.1 Å². The van der Waals surface area contributed by atoms with Gasteiger partial charge in [0, 0.05) is 0 Å². The Morgan fingerprint density at radius 1 is 1.13 bits per heavy atom. The highest BCUT2D eigenvalue weighted by Gasteiger charge is 2.17. The van der Waals surface area contributed by atoms with Gasteiger partial charge in [-0.3, -0.25) is 14.2 Å². The zero-order valence-corrected chi connectivity index (χ0v) is 18.0. The van der Waals surface area contributed by atoms with Gasteiger partial charge in [0.1, 0.15) is 5.82 Å². The van der Waals surface area contributed by atoms with Crippen LogP contribution in [0.15, 0.2) is 76.7 Å². The smallest absolute Gasteiger partial charge is 0.266 e. The van der Waals surface area contributed by atoms with Gasteiger partial charge in [0.25, 0.3) is 5.56 Å². The number of nitrogens with zero attached hydrogens (tertiary/aromatic N) is 2. The Hall–Kier alpha value is -3.16. The summed E-state index contributed by atoms with van der Waals surface area (Å²) in [5.74, 6) is -0.915. The number of thioether (sulfide) groups is 1. The highest BCUT2D eigenvalue weighted by molar-refractivity contribution is 7.99. The topological polar surface area (TPSA) is 64.0 Å². The third kappa shape index (κ3) is 4.47. The predicted molar refractivity (Wildman–Crippen MR) is 123 cm³/mol. The molecule has 0 saturated heterocycles. The molecule has 0 aliphatic carbocycles. The number of halogens is 2. The number of amides is 1. The molecule has 1 heterocycles. The number of carbonyl (C=O) groups excluding carboxylic acids is 1. The summed E-state index contributed by atoms with van der Waals surface area (Å²) in [6.45, 7) is 1.90. The fourth-order valence-corrected chi connectivity index (χ4v) is 4.18. The number of fused-ring (bicyclic) bond motifs is 1. The Labute approximate surface area is 186 Å². The number of nitrogens with one attached hydrogen (secondary N) is 1. The standard InChI is InChI=1S/C23H17ClFN3O2S/c1-14-10-11-19(16(24)12-14)26-21(29)13-31-23-27-18-8-4-2-6-15(18)22(30)28(23)20-9-5-3-7-17(20)25/h2-12H,13H2,1H3,(H,26,29). The quantitative estimate of drug-likeness (QED) is 0.332. The van der Waals surface area contributed by atoms with Crippen molar-refractivity contribution >= 4 is 45.9 Å². The second-order valence-electron chi connectivity index (χ2n) is 6.82. The molecule has 1 N–H and O–H groups in total. The van der Waals surface area contributed by atoms with Gasteiger partial charge >= 0.3 is 0 Å². The fraction of sp³-hybridized carbons (Fsp3) is 0.0870. The molecule has 1 aromatic heterocycles. The minimum Gasteiger partial charge on any atom is -0.324 e. The van der Waals surface area contributed by atoms with Crippen LogP contribution < -0.4 is 10.9 Å². The first-order valence-electron chi connectivity index (χ1n) is 9.39. The molecule has 31 heavy (non-hydrogen) atoms. The van der Waals surface area contributed by atoms with E-state index in [9.17, 15) is 14.0 Å². The summed E-state index contributed by atoms with van der Waals surface area (Å²) in [5.41, 5.74) is 1.63. The molecule has 0 radical (unpaired) electrons. The fourth-order valence-electron chi connectivity index (χ4n) is 3.09. The Bertz CT molecular complexity index is 1360. The zero-order valence-electron chi connectivity index (χ0n) is 16.4. The van der Waals surface area contributed by atoms with E-state index in [0.29, 0.717) is 21.6 Å². The lowest BCUT2D eigenvalue weighted by Gasteiger charge is -2.14. The van der Waals surface area contributed by atoms with E-state index in [1.165, 1.54) is 16.7 Å². The normalized spacial score (nSPS) is 10.9. The molecule has 5 nitrogen and oxygen atoms in total. The molecule has 0 aliphatic rings. The molecule has 156 valence electrons. The van der Waals surface area contributed by atoms with Crippen molar-refractivity contribution in [2.45, 2.75) is 12.1 Å². The van der Waals surface area contributed by atoms with E-state index >= 15 is 0 Å². The molecular formula is C23H17ClFN3O2S. The van der Waals surface area contributed by atoms with Crippen molar-refractivity contribution in [1.29, 1.82) is 0 Å². The Kier molecular flexibility index (Phi) is 6.06. The van der Waals surface area contributed by atoms with Crippen LogP contribution in [0.5, 0.6) is 0 Å². The average Bonchev–Trinajstić information content (AvgIpc) is 2.75. The zero-order chi connectivity index (χ0) is 22.0. The average molecular weight is 454 g/mol. The predicted octanol–water partition coefficient (Wildman–Crippen LogP) is 5.22. The van der Waals surface area contributed by atoms with Gasteiger partial charge in [-0.05, 0) is 48.9 Å². The summed E-state index contributed by atoms with van der Waals surface area (Å²) in [6.07, 6.45) is 0. The maximum atomic E-state index is 14.5. The van der Waals surface area contributed by atoms with Crippen LogP contribution in [0.1, 0.15) is 5.56 Å². The molecule has 4 rings (SSSR count). The van der Waals surface area contributed by atoms with Gasteiger partial charge in [-0.2, -0.15) is 0 Å². The van der Waals surface area contributed by atoms with Crippen molar-refractivity contribution in [3.63, 3.8) is 0 Å². The molecule has 1 amide bonds. The number of para-hydroxylation sites is 2. The van der Waals surface area contributed by atoms with Gasteiger partial charge < -0.3 is 5.32 Å². The summed E-state index contributed by atoms with van der Waals surface area (Å²) in [6, 6.07) is 18.1. The molecule has 8 heteroatoms. The summed E-state index contributed by atoms with van der Waals surface area (Å²) in [7, 11) is 0. The highest BCUT2D eigenvalue weighted by Crippen LogP contribution is 2.25. The number of hydrogen-bond acceptors (Lipinski definition) is 4. The largest absolute Gasteiger partial charge is 0.324 e. The van der Waals surface area contributed by atoms with Crippen molar-refractivity contribution in [1.82, 2.24) is 9.55 Å². The van der Waals surface area contributed by atoms with E-state index in [1.54, 1.807) is 48.5 Å². The van der Waals surface area contributed by atoms with Gasteiger partial charge in [0.2, 0.25) is 5.91 Å². The molecule has 0 spiro atoms. The monoisotopic (exact) mass is 453 g/mol. The third-order valence-electron chi connectivity index (χ3n) is 4.57. The minimum atomic E-state index is -0.556. The van der Waals surface area contributed by atoms with E-state index in [2.05, 4.69) is 10.3 Å². The van der Waals surface area contributed by atoms with E-state index < -0.39 is 11.4 Å². The molecule has 0 fully saturated rings. The van der Waals surface area contributed by atoms with E-state index in [1.807, 2.05) is 13.0 Å². The van der Waals surface area contributed by atoms with E-state index in [-0.39, 0.29) is 22.5 Å². The first-order valence-corrected chi connectivity index (χ1v) is 10.8. The van der Waals surface area contributed by atoms with Crippen molar-refractivity contribution in [3.05, 3.63) is 93.5 Å². The number of aromatic nitrogens is 2. The minimum absolute atomic E-state index is 0.0383. The van der Waals surface area contributed by atoms with Gasteiger partial charge in [-0.1, -0.05) is 53.7 Å². The van der Waals surface area contributed by atoms with Crippen molar-refractivity contribution in [2.75, 3.05) is 11.1 Å². The lowest BCUT2D eigenvalue weighted by Crippen LogP contribution is -2.23. The second-order valence-corrected chi connectivity index (χ2v) is 8.17. The van der Waals surface area contributed by atoms with E-state index in [0.717, 1.165) is 17.3 Å². The number of hydrogen-bond donors (Lipinski definition) is 1. The molecule has 0 bridgehead atoms. The van der Waals surface area contributed by atoms with Crippen molar-refractivity contribution < 1.29 is 9.18 Å².